The van der Waals surface area contributed by atoms with Crippen LogP contribution in [0.25, 0.3) is 0 Å². The summed E-state index contributed by atoms with van der Waals surface area (Å²) >= 11 is 0. The average molecular weight is 316 g/mol. The van der Waals surface area contributed by atoms with Crippen LogP contribution >= 0.6 is 0 Å². The molecule has 124 valence electrons. The number of benzene rings is 1. The molecule has 0 aromatic heterocycles. The Morgan fingerprint density at radius 1 is 1.26 bits per heavy atom. The highest BCUT2D eigenvalue weighted by atomic mass is 16.3. The zero-order chi connectivity index (χ0) is 16.4. The fourth-order valence-electron chi connectivity index (χ4n) is 3.74. The van der Waals surface area contributed by atoms with Gasteiger partial charge in [0, 0.05) is 25.6 Å². The quantitative estimate of drug-likeness (QED) is 0.893. The summed E-state index contributed by atoms with van der Waals surface area (Å²) in [5.74, 6) is -0.318. The van der Waals surface area contributed by atoms with E-state index in [4.69, 9.17) is 0 Å². The zero-order valence-electron chi connectivity index (χ0n) is 13.5. The van der Waals surface area contributed by atoms with Crippen molar-refractivity contribution in [2.45, 2.75) is 57.1 Å². The fraction of sp³-hybridized carbons (Fsp3) is 0.556. The minimum atomic E-state index is -0.791. The number of carbonyl (C=O) groups is 2. The Morgan fingerprint density at radius 2 is 1.96 bits per heavy atom. The minimum absolute atomic E-state index is 0.133. The summed E-state index contributed by atoms with van der Waals surface area (Å²) in [6, 6.07) is 7.10. The van der Waals surface area contributed by atoms with Gasteiger partial charge in [-0.1, -0.05) is 37.5 Å². The minimum Gasteiger partial charge on any atom is -0.388 e. The lowest BCUT2D eigenvalue weighted by Gasteiger charge is -2.33. The Morgan fingerprint density at radius 3 is 2.65 bits per heavy atom. The van der Waals surface area contributed by atoms with Crippen LogP contribution in [0.2, 0.25) is 0 Å². The number of aliphatic hydroxyl groups is 1. The molecule has 1 aliphatic heterocycles. The van der Waals surface area contributed by atoms with Crippen LogP contribution < -0.4 is 10.2 Å². The molecular weight excluding hydrogens is 292 g/mol. The second-order valence-corrected chi connectivity index (χ2v) is 6.74. The van der Waals surface area contributed by atoms with Crippen molar-refractivity contribution in [1.82, 2.24) is 5.32 Å². The Bertz CT molecular complexity index is 608. The summed E-state index contributed by atoms with van der Waals surface area (Å²) in [5.41, 5.74) is 1.04. The fourth-order valence-corrected chi connectivity index (χ4v) is 3.74. The van der Waals surface area contributed by atoms with Gasteiger partial charge in [0.2, 0.25) is 11.8 Å². The molecular formula is C18H24N2O3. The van der Waals surface area contributed by atoms with E-state index in [1.54, 1.807) is 4.90 Å². The molecule has 3 rings (SSSR count). The molecule has 1 saturated carbocycles. The van der Waals surface area contributed by atoms with Crippen LogP contribution in [0.15, 0.2) is 24.3 Å². The lowest BCUT2D eigenvalue weighted by atomic mass is 9.85. The van der Waals surface area contributed by atoms with Gasteiger partial charge in [-0.05, 0) is 24.5 Å². The van der Waals surface area contributed by atoms with Gasteiger partial charge in [-0.15, -0.1) is 0 Å². The summed E-state index contributed by atoms with van der Waals surface area (Å²) in [5, 5.41) is 13.4. The Hall–Kier alpha value is -1.88. The number of rotatable bonds is 3. The smallest absolute Gasteiger partial charge is 0.243 e. The first-order valence-corrected chi connectivity index (χ1v) is 8.38. The highest BCUT2D eigenvalue weighted by molar-refractivity contribution is 6.02. The summed E-state index contributed by atoms with van der Waals surface area (Å²) in [6.07, 6.45) is 5.14. The van der Waals surface area contributed by atoms with Crippen LogP contribution in [-0.4, -0.2) is 35.1 Å². The first kappa shape index (κ1) is 16.0. The number of carbonyl (C=O) groups excluding carboxylic acids is 2. The molecule has 1 atom stereocenters. The number of hydrogen-bond donors (Lipinski definition) is 2. The molecule has 0 radical (unpaired) electrons. The van der Waals surface area contributed by atoms with Gasteiger partial charge in [0.25, 0.3) is 0 Å². The molecule has 1 aromatic carbocycles. The van der Waals surface area contributed by atoms with Gasteiger partial charge in [-0.2, -0.15) is 0 Å². The number of nitrogens with one attached hydrogen (secondary N) is 1. The van der Waals surface area contributed by atoms with E-state index >= 15 is 0 Å². The van der Waals surface area contributed by atoms with Gasteiger partial charge < -0.3 is 10.4 Å². The highest BCUT2D eigenvalue weighted by Gasteiger charge is 2.38. The number of para-hydroxylation sites is 1. The molecule has 23 heavy (non-hydrogen) atoms. The van der Waals surface area contributed by atoms with Crippen molar-refractivity contribution < 1.29 is 14.7 Å². The lowest BCUT2D eigenvalue weighted by Crippen LogP contribution is -2.51. The molecule has 1 fully saturated rings. The summed E-state index contributed by atoms with van der Waals surface area (Å²) in [6.45, 7) is 1.75. The SMILES string of the molecule is CC(=O)N1c2ccccc2C[C@H]1C(=O)NCC1(O)CCCCC1. The molecule has 5 heteroatoms. The van der Waals surface area contributed by atoms with Crippen LogP contribution in [-0.2, 0) is 16.0 Å². The lowest BCUT2D eigenvalue weighted by molar-refractivity contribution is -0.126. The van der Waals surface area contributed by atoms with E-state index in [9.17, 15) is 14.7 Å². The Labute approximate surface area is 136 Å². The molecule has 0 spiro atoms. The maximum atomic E-state index is 12.6. The molecule has 2 N–H and O–H groups in total. The molecule has 1 heterocycles. The third-order valence-corrected chi connectivity index (χ3v) is 4.99. The van der Waals surface area contributed by atoms with E-state index < -0.39 is 11.6 Å². The van der Waals surface area contributed by atoms with Crippen LogP contribution in [0, 0.1) is 0 Å². The predicted molar refractivity (Wildman–Crippen MR) is 88.1 cm³/mol. The Kier molecular flexibility index (Phi) is 4.39. The van der Waals surface area contributed by atoms with Gasteiger partial charge >= 0.3 is 0 Å². The average Bonchev–Trinajstić information content (AvgIpc) is 2.93. The van der Waals surface area contributed by atoms with Gasteiger partial charge in [0.05, 0.1) is 5.60 Å². The number of hydrogen-bond acceptors (Lipinski definition) is 3. The molecule has 0 unspecified atom stereocenters. The van der Waals surface area contributed by atoms with Crippen molar-refractivity contribution in [2.75, 3.05) is 11.4 Å². The number of anilines is 1. The Balaban J connectivity index is 1.69. The standard InChI is InChI=1S/C18H24N2O3/c1-13(21)20-15-8-4-3-7-14(15)11-16(20)17(22)19-12-18(23)9-5-2-6-10-18/h3-4,7-8,16,23H,2,5-6,9-12H2,1H3,(H,19,22)/t16-/m0/s1. The molecule has 0 saturated heterocycles. The monoisotopic (exact) mass is 316 g/mol. The molecule has 2 aliphatic rings. The molecule has 1 aliphatic carbocycles. The molecule has 1 aromatic rings. The van der Waals surface area contributed by atoms with E-state index in [-0.39, 0.29) is 18.4 Å². The van der Waals surface area contributed by atoms with Crippen LogP contribution in [0.3, 0.4) is 0 Å². The van der Waals surface area contributed by atoms with Crippen LogP contribution in [0.4, 0.5) is 5.69 Å². The molecule has 0 bridgehead atoms. The maximum absolute atomic E-state index is 12.6. The van der Waals surface area contributed by atoms with Gasteiger partial charge in [-0.25, -0.2) is 0 Å². The highest BCUT2D eigenvalue weighted by Crippen LogP contribution is 2.32. The first-order valence-electron chi connectivity index (χ1n) is 8.38. The topological polar surface area (TPSA) is 69.6 Å². The van der Waals surface area contributed by atoms with Crippen molar-refractivity contribution >= 4 is 17.5 Å². The van der Waals surface area contributed by atoms with Gasteiger partial charge in [0.1, 0.15) is 6.04 Å². The van der Waals surface area contributed by atoms with Gasteiger partial charge in [0.15, 0.2) is 0 Å². The largest absolute Gasteiger partial charge is 0.388 e. The summed E-state index contributed by atoms with van der Waals surface area (Å²) in [4.78, 5) is 26.2. The number of fused-ring (bicyclic) bond motifs is 1. The van der Waals surface area contributed by atoms with E-state index in [0.717, 1.165) is 43.4 Å². The predicted octanol–water partition coefficient (Wildman–Crippen LogP) is 1.78. The van der Waals surface area contributed by atoms with Crippen LogP contribution in [0.5, 0.6) is 0 Å². The number of nitrogens with zero attached hydrogens (tertiary/aromatic N) is 1. The third kappa shape index (κ3) is 3.24. The van der Waals surface area contributed by atoms with Crippen molar-refractivity contribution in [2.24, 2.45) is 0 Å². The number of amides is 2. The van der Waals surface area contributed by atoms with Gasteiger partial charge in [-0.3, -0.25) is 14.5 Å². The molecule has 2 amide bonds. The summed E-state index contributed by atoms with van der Waals surface area (Å²) < 4.78 is 0. The van der Waals surface area contributed by atoms with Crippen molar-refractivity contribution in [3.8, 4) is 0 Å². The second kappa shape index (κ2) is 6.32. The van der Waals surface area contributed by atoms with Crippen molar-refractivity contribution in [3.63, 3.8) is 0 Å². The molecule has 5 nitrogen and oxygen atoms in total. The summed E-state index contributed by atoms with van der Waals surface area (Å²) in [7, 11) is 0. The normalized spacial score (nSPS) is 22.5. The van der Waals surface area contributed by atoms with Crippen molar-refractivity contribution in [1.29, 1.82) is 0 Å². The van der Waals surface area contributed by atoms with E-state index in [2.05, 4.69) is 5.32 Å². The van der Waals surface area contributed by atoms with E-state index in [1.807, 2.05) is 24.3 Å². The van der Waals surface area contributed by atoms with Crippen molar-refractivity contribution in [3.05, 3.63) is 29.8 Å². The van der Waals surface area contributed by atoms with E-state index in [1.165, 1.54) is 6.92 Å². The second-order valence-electron chi connectivity index (χ2n) is 6.74. The zero-order valence-corrected chi connectivity index (χ0v) is 13.5. The third-order valence-electron chi connectivity index (χ3n) is 4.99. The maximum Gasteiger partial charge on any atom is 0.243 e. The van der Waals surface area contributed by atoms with Crippen LogP contribution in [0.1, 0.15) is 44.6 Å². The van der Waals surface area contributed by atoms with E-state index in [0.29, 0.717) is 6.42 Å². The first-order chi connectivity index (χ1) is 11.0.